The number of hydrogen-bond acceptors (Lipinski definition) is 5. The average molecular weight is 443 g/mol. The van der Waals surface area contributed by atoms with Crippen molar-refractivity contribution >= 4 is 35.1 Å². The van der Waals surface area contributed by atoms with E-state index < -0.39 is 18.0 Å². The smallest absolute Gasteiger partial charge is 0.411 e. The van der Waals surface area contributed by atoms with Gasteiger partial charge in [-0.1, -0.05) is 6.07 Å². The van der Waals surface area contributed by atoms with Crippen LogP contribution in [0.1, 0.15) is 6.92 Å². The van der Waals surface area contributed by atoms with Gasteiger partial charge in [0, 0.05) is 43.2 Å². The molecule has 32 heavy (non-hydrogen) atoms. The maximum atomic E-state index is 13.3. The summed E-state index contributed by atoms with van der Waals surface area (Å²) in [5, 5.41) is 8.08. The highest BCUT2D eigenvalue weighted by atomic mass is 19.1. The molecule has 1 aliphatic rings. The van der Waals surface area contributed by atoms with Gasteiger partial charge in [-0.05, 0) is 49.4 Å². The number of nitrogens with zero attached hydrogens (tertiary/aromatic N) is 2. The summed E-state index contributed by atoms with van der Waals surface area (Å²) in [6.45, 7) is 3.78. The van der Waals surface area contributed by atoms with E-state index in [9.17, 15) is 18.8 Å². The highest BCUT2D eigenvalue weighted by molar-refractivity contribution is 5.94. The van der Waals surface area contributed by atoms with Gasteiger partial charge >= 0.3 is 12.1 Å². The molecule has 2 aromatic rings. The number of anilines is 3. The van der Waals surface area contributed by atoms with Crippen LogP contribution in [0.15, 0.2) is 48.5 Å². The summed E-state index contributed by atoms with van der Waals surface area (Å²) in [6.07, 6.45) is -0.571. The van der Waals surface area contributed by atoms with Gasteiger partial charge in [0.15, 0.2) is 0 Å². The summed E-state index contributed by atoms with van der Waals surface area (Å²) in [6, 6.07) is 11.8. The monoisotopic (exact) mass is 443 g/mol. The molecule has 4 amide bonds. The van der Waals surface area contributed by atoms with E-state index in [0.29, 0.717) is 43.2 Å². The Morgan fingerprint density at radius 2 is 1.53 bits per heavy atom. The Labute approximate surface area is 185 Å². The molecule has 1 saturated heterocycles. The topological polar surface area (TPSA) is 103 Å². The first-order valence-electron chi connectivity index (χ1n) is 10.2. The van der Waals surface area contributed by atoms with Gasteiger partial charge in [-0.3, -0.25) is 15.0 Å². The molecule has 0 bridgehead atoms. The van der Waals surface area contributed by atoms with Crippen molar-refractivity contribution in [2.24, 2.45) is 0 Å². The number of piperazine rings is 1. The van der Waals surface area contributed by atoms with E-state index in [1.54, 1.807) is 42.2 Å². The molecule has 1 fully saturated rings. The molecule has 3 N–H and O–H groups in total. The van der Waals surface area contributed by atoms with Crippen LogP contribution in [0.3, 0.4) is 0 Å². The molecule has 0 saturated carbocycles. The number of ether oxygens (including phenoxy) is 1. The van der Waals surface area contributed by atoms with Crippen molar-refractivity contribution in [3.05, 3.63) is 54.3 Å². The van der Waals surface area contributed by atoms with Crippen molar-refractivity contribution in [3.63, 3.8) is 0 Å². The first-order valence-corrected chi connectivity index (χ1v) is 10.2. The maximum absolute atomic E-state index is 13.3. The van der Waals surface area contributed by atoms with E-state index in [1.165, 1.54) is 25.3 Å². The second kappa shape index (κ2) is 10.6. The zero-order chi connectivity index (χ0) is 23.1. The fourth-order valence-electron chi connectivity index (χ4n) is 3.30. The van der Waals surface area contributed by atoms with Crippen molar-refractivity contribution in [3.8, 4) is 0 Å². The number of hydrogen-bond donors (Lipinski definition) is 3. The zero-order valence-corrected chi connectivity index (χ0v) is 17.9. The van der Waals surface area contributed by atoms with Crippen LogP contribution in [-0.2, 0) is 9.53 Å². The second-order valence-corrected chi connectivity index (χ2v) is 7.32. The minimum atomic E-state index is -0.571. The van der Waals surface area contributed by atoms with Crippen LogP contribution in [0, 0.1) is 5.82 Å². The molecule has 3 rings (SSSR count). The SMILES string of the molecule is COC(=O)Nc1ccc(NC(=O)N2CCN(C(C)C(=O)Nc3cccc(F)c3)CC2)cc1. The predicted molar refractivity (Wildman–Crippen MR) is 119 cm³/mol. The molecule has 0 aliphatic carbocycles. The van der Waals surface area contributed by atoms with Crippen LogP contribution >= 0.6 is 0 Å². The number of carbonyl (C=O) groups is 3. The van der Waals surface area contributed by atoms with Crippen LogP contribution in [0.5, 0.6) is 0 Å². The molecular formula is C22H26FN5O4. The van der Waals surface area contributed by atoms with Crippen molar-refractivity contribution in [2.75, 3.05) is 49.2 Å². The molecule has 2 aromatic carbocycles. The Hall–Kier alpha value is -3.66. The largest absolute Gasteiger partial charge is 0.453 e. The lowest BCUT2D eigenvalue weighted by atomic mass is 10.2. The molecule has 0 aromatic heterocycles. The molecule has 1 heterocycles. The average Bonchev–Trinajstić information content (AvgIpc) is 2.79. The third-order valence-corrected chi connectivity index (χ3v) is 5.19. The van der Waals surface area contributed by atoms with Crippen LogP contribution in [-0.4, -0.2) is 67.2 Å². The first kappa shape index (κ1) is 23.0. The van der Waals surface area contributed by atoms with Crippen LogP contribution in [0.25, 0.3) is 0 Å². The third kappa shape index (κ3) is 6.17. The Morgan fingerprint density at radius 1 is 0.906 bits per heavy atom. The molecule has 170 valence electrons. The van der Waals surface area contributed by atoms with E-state index in [4.69, 9.17) is 0 Å². The molecule has 0 radical (unpaired) electrons. The number of benzene rings is 2. The van der Waals surface area contributed by atoms with Crippen molar-refractivity contribution < 1.29 is 23.5 Å². The van der Waals surface area contributed by atoms with Crippen LogP contribution in [0.4, 0.5) is 31.0 Å². The van der Waals surface area contributed by atoms with E-state index in [2.05, 4.69) is 20.7 Å². The maximum Gasteiger partial charge on any atom is 0.411 e. The van der Waals surface area contributed by atoms with E-state index in [1.807, 2.05) is 4.90 Å². The van der Waals surface area contributed by atoms with Gasteiger partial charge in [0.1, 0.15) is 5.82 Å². The van der Waals surface area contributed by atoms with Gasteiger partial charge in [-0.15, -0.1) is 0 Å². The molecule has 1 atom stereocenters. The highest BCUT2D eigenvalue weighted by Gasteiger charge is 2.27. The second-order valence-electron chi connectivity index (χ2n) is 7.32. The van der Waals surface area contributed by atoms with Crippen molar-refractivity contribution in [2.45, 2.75) is 13.0 Å². The minimum Gasteiger partial charge on any atom is -0.453 e. The normalized spacial score (nSPS) is 14.9. The molecule has 0 spiro atoms. The van der Waals surface area contributed by atoms with Gasteiger partial charge < -0.3 is 20.3 Å². The Balaban J connectivity index is 1.46. The lowest BCUT2D eigenvalue weighted by Crippen LogP contribution is -2.54. The molecule has 1 aliphatic heterocycles. The fourth-order valence-corrected chi connectivity index (χ4v) is 3.30. The predicted octanol–water partition coefficient (Wildman–Crippen LogP) is 3.18. The molecule has 10 heteroatoms. The van der Waals surface area contributed by atoms with Gasteiger partial charge in [-0.2, -0.15) is 0 Å². The summed E-state index contributed by atoms with van der Waals surface area (Å²) in [7, 11) is 1.28. The number of amides is 4. The lowest BCUT2D eigenvalue weighted by molar-refractivity contribution is -0.121. The summed E-state index contributed by atoms with van der Waals surface area (Å²) in [5.74, 6) is -0.640. The number of urea groups is 1. The number of nitrogens with one attached hydrogen (secondary N) is 3. The number of halogens is 1. The minimum absolute atomic E-state index is 0.228. The van der Waals surface area contributed by atoms with Crippen LogP contribution < -0.4 is 16.0 Å². The number of carbonyl (C=O) groups excluding carboxylic acids is 3. The summed E-state index contributed by atoms with van der Waals surface area (Å²) >= 11 is 0. The lowest BCUT2D eigenvalue weighted by Gasteiger charge is -2.37. The molecule has 1 unspecified atom stereocenters. The Bertz CT molecular complexity index is 961. The van der Waals surface area contributed by atoms with Crippen molar-refractivity contribution in [1.29, 1.82) is 0 Å². The van der Waals surface area contributed by atoms with E-state index in [0.717, 1.165) is 0 Å². The summed E-state index contributed by atoms with van der Waals surface area (Å²) in [4.78, 5) is 39.9. The molecule has 9 nitrogen and oxygen atoms in total. The quantitative estimate of drug-likeness (QED) is 0.659. The van der Waals surface area contributed by atoms with Gasteiger partial charge in [0.05, 0.1) is 13.2 Å². The molecular weight excluding hydrogens is 417 g/mol. The number of methoxy groups -OCH3 is 1. The third-order valence-electron chi connectivity index (χ3n) is 5.19. The van der Waals surface area contributed by atoms with E-state index in [-0.39, 0.29) is 11.9 Å². The van der Waals surface area contributed by atoms with Gasteiger partial charge in [0.25, 0.3) is 0 Å². The standard InChI is InChI=1S/C22H26FN5O4/c1-15(20(29)24-19-5-3-4-16(23)14-19)27-10-12-28(13-11-27)21(30)25-17-6-8-18(9-7-17)26-22(31)32-2/h3-9,14-15H,10-13H2,1-2H3,(H,24,29)(H,25,30)(H,26,31). The fraction of sp³-hybridized carbons (Fsp3) is 0.318. The first-order chi connectivity index (χ1) is 15.4. The summed E-state index contributed by atoms with van der Waals surface area (Å²) in [5.41, 5.74) is 1.55. The Morgan fingerprint density at radius 3 is 2.12 bits per heavy atom. The van der Waals surface area contributed by atoms with E-state index >= 15 is 0 Å². The Kier molecular flexibility index (Phi) is 7.61. The van der Waals surface area contributed by atoms with Crippen LogP contribution in [0.2, 0.25) is 0 Å². The van der Waals surface area contributed by atoms with Gasteiger partial charge in [0.2, 0.25) is 5.91 Å². The highest BCUT2D eigenvalue weighted by Crippen LogP contribution is 2.16. The van der Waals surface area contributed by atoms with Gasteiger partial charge in [-0.25, -0.2) is 14.0 Å². The zero-order valence-electron chi connectivity index (χ0n) is 17.9. The number of rotatable bonds is 5. The summed E-state index contributed by atoms with van der Waals surface area (Å²) < 4.78 is 17.8. The van der Waals surface area contributed by atoms with Crippen molar-refractivity contribution in [1.82, 2.24) is 9.80 Å².